The topological polar surface area (TPSA) is 43.4 Å². The molecule has 0 aliphatic carbocycles. The van der Waals surface area contributed by atoms with E-state index < -0.39 is 0 Å². The first-order valence-corrected chi connectivity index (χ1v) is 7.66. The minimum Gasteiger partial charge on any atom is -0.381 e. The van der Waals surface area contributed by atoms with Crippen molar-refractivity contribution in [3.8, 4) is 0 Å². The summed E-state index contributed by atoms with van der Waals surface area (Å²) in [6.45, 7) is 4.71. The summed E-state index contributed by atoms with van der Waals surface area (Å²) >= 11 is 0. The zero-order chi connectivity index (χ0) is 13.8. The number of hydrogen-bond donors (Lipinski definition) is 1. The molecular weight excluding hydrogens is 252 g/mol. The van der Waals surface area contributed by atoms with Crippen molar-refractivity contribution >= 4 is 0 Å². The Morgan fingerprint density at radius 1 is 1.30 bits per heavy atom. The van der Waals surface area contributed by atoms with E-state index in [2.05, 4.69) is 23.3 Å². The molecule has 20 heavy (non-hydrogen) atoms. The molecule has 3 heterocycles. The summed E-state index contributed by atoms with van der Waals surface area (Å²) < 4.78 is 11.6. The van der Waals surface area contributed by atoms with E-state index in [4.69, 9.17) is 9.47 Å². The van der Waals surface area contributed by atoms with Gasteiger partial charge in [0.05, 0.1) is 11.3 Å². The molecule has 1 aromatic rings. The van der Waals surface area contributed by atoms with Gasteiger partial charge in [-0.25, -0.2) is 0 Å². The lowest BCUT2D eigenvalue weighted by molar-refractivity contribution is -0.140. The summed E-state index contributed by atoms with van der Waals surface area (Å²) in [5.41, 5.74) is 1.16. The van der Waals surface area contributed by atoms with E-state index in [1.54, 1.807) is 0 Å². The molecular formula is C16H24N2O2. The SMILES string of the molecule is C[C@H](NC1CCOC2(CCOCC2)C1)c1ccccn1. The number of pyridine rings is 1. The molecule has 0 radical (unpaired) electrons. The molecule has 2 saturated heterocycles. The van der Waals surface area contributed by atoms with Gasteiger partial charge >= 0.3 is 0 Å². The highest BCUT2D eigenvalue weighted by Crippen LogP contribution is 2.34. The second-order valence-electron chi connectivity index (χ2n) is 5.98. The maximum Gasteiger partial charge on any atom is 0.0741 e. The van der Waals surface area contributed by atoms with Gasteiger partial charge in [-0.05, 0) is 44.7 Å². The van der Waals surface area contributed by atoms with Gasteiger partial charge in [-0.3, -0.25) is 4.98 Å². The van der Waals surface area contributed by atoms with E-state index in [9.17, 15) is 0 Å². The van der Waals surface area contributed by atoms with Crippen molar-refractivity contribution in [2.75, 3.05) is 19.8 Å². The minimum atomic E-state index is 0.0536. The van der Waals surface area contributed by atoms with Crippen LogP contribution in [0, 0.1) is 0 Å². The van der Waals surface area contributed by atoms with Crippen LogP contribution >= 0.6 is 0 Å². The third kappa shape index (κ3) is 3.19. The largest absolute Gasteiger partial charge is 0.381 e. The molecule has 2 atom stereocenters. The van der Waals surface area contributed by atoms with Crippen LogP contribution in [0.25, 0.3) is 0 Å². The minimum absolute atomic E-state index is 0.0536. The van der Waals surface area contributed by atoms with Crippen LogP contribution < -0.4 is 5.32 Å². The van der Waals surface area contributed by atoms with Gasteiger partial charge in [0, 0.05) is 38.1 Å². The third-order valence-electron chi connectivity index (χ3n) is 4.51. The highest BCUT2D eigenvalue weighted by Gasteiger charge is 2.39. The zero-order valence-corrected chi connectivity index (χ0v) is 12.2. The molecule has 2 aliphatic heterocycles. The number of nitrogens with zero attached hydrogens (tertiary/aromatic N) is 1. The fourth-order valence-corrected chi connectivity index (χ4v) is 3.33. The molecule has 1 N–H and O–H groups in total. The first kappa shape index (κ1) is 14.0. The smallest absolute Gasteiger partial charge is 0.0741 e. The molecule has 2 fully saturated rings. The Morgan fingerprint density at radius 2 is 2.15 bits per heavy atom. The maximum absolute atomic E-state index is 6.09. The van der Waals surface area contributed by atoms with Gasteiger partial charge < -0.3 is 14.8 Å². The van der Waals surface area contributed by atoms with Crippen LogP contribution in [-0.2, 0) is 9.47 Å². The van der Waals surface area contributed by atoms with Crippen molar-refractivity contribution in [3.05, 3.63) is 30.1 Å². The molecule has 1 aromatic heterocycles. The Morgan fingerprint density at radius 3 is 2.90 bits per heavy atom. The molecule has 2 aliphatic rings. The molecule has 0 saturated carbocycles. The monoisotopic (exact) mass is 276 g/mol. The van der Waals surface area contributed by atoms with Crippen molar-refractivity contribution in [1.29, 1.82) is 0 Å². The van der Waals surface area contributed by atoms with Crippen LogP contribution in [0.15, 0.2) is 24.4 Å². The third-order valence-corrected chi connectivity index (χ3v) is 4.51. The Hall–Kier alpha value is -0.970. The molecule has 1 unspecified atom stereocenters. The first-order valence-electron chi connectivity index (χ1n) is 7.66. The fourth-order valence-electron chi connectivity index (χ4n) is 3.33. The van der Waals surface area contributed by atoms with Crippen LogP contribution in [0.4, 0.5) is 0 Å². The zero-order valence-electron chi connectivity index (χ0n) is 12.2. The van der Waals surface area contributed by atoms with E-state index in [0.717, 1.165) is 51.2 Å². The standard InChI is InChI=1S/C16H24N2O2/c1-13(15-4-2-3-8-17-15)18-14-5-9-20-16(12-14)6-10-19-11-7-16/h2-4,8,13-14,18H,5-7,9-12H2,1H3/t13-,14?/m0/s1. The molecule has 0 aromatic carbocycles. The fraction of sp³-hybridized carbons (Fsp3) is 0.688. The Bertz CT molecular complexity index is 412. The van der Waals surface area contributed by atoms with Gasteiger partial charge in [0.1, 0.15) is 0 Å². The molecule has 0 amide bonds. The van der Waals surface area contributed by atoms with Gasteiger partial charge in [0.25, 0.3) is 0 Å². The predicted octanol–water partition coefficient (Wildman–Crippen LogP) is 2.46. The first-order chi connectivity index (χ1) is 9.77. The van der Waals surface area contributed by atoms with Crippen molar-refractivity contribution in [2.24, 2.45) is 0 Å². The predicted molar refractivity (Wildman–Crippen MR) is 77.5 cm³/mol. The van der Waals surface area contributed by atoms with Crippen LogP contribution in [0.2, 0.25) is 0 Å². The number of aromatic nitrogens is 1. The normalized spacial score (nSPS) is 27.4. The highest BCUT2D eigenvalue weighted by molar-refractivity contribution is 5.08. The second-order valence-corrected chi connectivity index (χ2v) is 5.98. The van der Waals surface area contributed by atoms with Crippen molar-refractivity contribution < 1.29 is 9.47 Å². The van der Waals surface area contributed by atoms with Crippen molar-refractivity contribution in [2.45, 2.75) is 50.3 Å². The van der Waals surface area contributed by atoms with E-state index in [1.165, 1.54) is 0 Å². The van der Waals surface area contributed by atoms with Gasteiger partial charge in [0.2, 0.25) is 0 Å². The molecule has 4 heteroatoms. The van der Waals surface area contributed by atoms with E-state index in [0.29, 0.717) is 6.04 Å². The van der Waals surface area contributed by atoms with Crippen LogP contribution in [0.5, 0.6) is 0 Å². The second kappa shape index (κ2) is 6.20. The lowest BCUT2D eigenvalue weighted by atomic mass is 9.84. The van der Waals surface area contributed by atoms with Crippen molar-refractivity contribution in [3.63, 3.8) is 0 Å². The van der Waals surface area contributed by atoms with Gasteiger partial charge in [-0.15, -0.1) is 0 Å². The van der Waals surface area contributed by atoms with Crippen molar-refractivity contribution in [1.82, 2.24) is 10.3 Å². The van der Waals surface area contributed by atoms with Crippen LogP contribution in [0.3, 0.4) is 0 Å². The van der Waals surface area contributed by atoms with Gasteiger partial charge in [-0.1, -0.05) is 6.07 Å². The summed E-state index contributed by atoms with van der Waals surface area (Å²) in [4.78, 5) is 4.43. The molecule has 110 valence electrons. The van der Waals surface area contributed by atoms with E-state index in [-0.39, 0.29) is 11.6 Å². The van der Waals surface area contributed by atoms with Gasteiger partial charge in [0.15, 0.2) is 0 Å². The lowest BCUT2D eigenvalue weighted by Crippen LogP contribution is -2.50. The van der Waals surface area contributed by atoms with Crippen LogP contribution in [-0.4, -0.2) is 36.4 Å². The maximum atomic E-state index is 6.09. The number of nitrogens with one attached hydrogen (secondary N) is 1. The number of rotatable bonds is 3. The summed E-state index contributed by atoms with van der Waals surface area (Å²) in [6, 6.07) is 6.89. The Kier molecular flexibility index (Phi) is 4.34. The van der Waals surface area contributed by atoms with E-state index >= 15 is 0 Å². The molecule has 1 spiro atoms. The lowest BCUT2D eigenvalue weighted by Gasteiger charge is -2.44. The van der Waals surface area contributed by atoms with E-state index in [1.807, 2.05) is 18.3 Å². The summed E-state index contributed by atoms with van der Waals surface area (Å²) in [6.07, 6.45) is 6.09. The summed E-state index contributed by atoms with van der Waals surface area (Å²) in [5.74, 6) is 0. The quantitative estimate of drug-likeness (QED) is 0.921. The summed E-state index contributed by atoms with van der Waals surface area (Å²) in [7, 11) is 0. The molecule has 3 rings (SSSR count). The van der Waals surface area contributed by atoms with Gasteiger partial charge in [-0.2, -0.15) is 0 Å². The molecule has 0 bridgehead atoms. The average molecular weight is 276 g/mol. The Balaban J connectivity index is 1.60. The average Bonchev–Trinajstić information content (AvgIpc) is 2.49. The number of hydrogen-bond acceptors (Lipinski definition) is 4. The molecule has 4 nitrogen and oxygen atoms in total. The highest BCUT2D eigenvalue weighted by atomic mass is 16.5. The Labute approximate surface area is 120 Å². The number of ether oxygens (including phenoxy) is 2. The van der Waals surface area contributed by atoms with Crippen LogP contribution in [0.1, 0.15) is 44.3 Å². The summed E-state index contributed by atoms with van der Waals surface area (Å²) in [5, 5.41) is 3.72.